The third-order valence-corrected chi connectivity index (χ3v) is 4.79. The molecule has 1 aromatic rings. The molecule has 1 saturated carbocycles. The van der Waals surface area contributed by atoms with Gasteiger partial charge in [-0.05, 0) is 32.0 Å². The van der Waals surface area contributed by atoms with Gasteiger partial charge in [-0.2, -0.15) is 0 Å². The number of hydrogen-bond donors (Lipinski definition) is 2. The van der Waals surface area contributed by atoms with Crippen LogP contribution in [0.5, 0.6) is 0 Å². The van der Waals surface area contributed by atoms with E-state index in [1.807, 2.05) is 12.1 Å². The molecular weight excluding hydrogens is 274 g/mol. The lowest BCUT2D eigenvalue weighted by Gasteiger charge is -2.28. The Bertz CT molecular complexity index is 540. The molecule has 1 atom stereocenters. The van der Waals surface area contributed by atoms with Crippen molar-refractivity contribution in [3.05, 3.63) is 22.7 Å². The average molecular weight is 294 g/mol. The molecule has 2 aliphatic rings. The maximum atomic E-state index is 11.9. The van der Waals surface area contributed by atoms with Crippen LogP contribution in [0.4, 0.5) is 11.4 Å². The van der Waals surface area contributed by atoms with Crippen LogP contribution in [-0.4, -0.2) is 26.0 Å². The van der Waals surface area contributed by atoms with Crippen molar-refractivity contribution < 1.29 is 4.79 Å². The number of nitrogens with zero attached hydrogens (tertiary/aromatic N) is 1. The van der Waals surface area contributed by atoms with Crippen molar-refractivity contribution in [1.82, 2.24) is 5.32 Å². The number of anilines is 2. The molecule has 3 rings (SSSR count). The average Bonchev–Trinajstić information content (AvgIpc) is 3.04. The Kier molecular flexibility index (Phi) is 3.61. The molecule has 20 heavy (non-hydrogen) atoms. The van der Waals surface area contributed by atoms with Gasteiger partial charge in [-0.1, -0.05) is 24.4 Å². The Morgan fingerprint density at radius 1 is 1.35 bits per heavy atom. The summed E-state index contributed by atoms with van der Waals surface area (Å²) in [7, 11) is 3.88. The Hall–Kier alpha value is -1.26. The van der Waals surface area contributed by atoms with E-state index in [1.165, 1.54) is 25.7 Å². The summed E-state index contributed by atoms with van der Waals surface area (Å²) >= 11 is 6.44. The van der Waals surface area contributed by atoms with E-state index in [2.05, 4.69) is 22.6 Å². The molecular formula is C15H20ClN3O. The first-order valence-corrected chi connectivity index (χ1v) is 7.54. The SMILES string of the molecule is CNC1C(=O)Nc2cc(N(C)C3CCCC3)c(Cl)cc21. The quantitative estimate of drug-likeness (QED) is 0.900. The highest BCUT2D eigenvalue weighted by molar-refractivity contribution is 6.33. The molecule has 108 valence electrons. The minimum atomic E-state index is -0.298. The molecule has 0 radical (unpaired) electrons. The summed E-state index contributed by atoms with van der Waals surface area (Å²) in [5, 5.41) is 6.66. The first kappa shape index (κ1) is 13.7. The molecule has 1 aliphatic carbocycles. The number of amides is 1. The van der Waals surface area contributed by atoms with E-state index in [0.717, 1.165) is 22.0 Å². The van der Waals surface area contributed by atoms with Crippen LogP contribution in [0.3, 0.4) is 0 Å². The van der Waals surface area contributed by atoms with Gasteiger partial charge in [0.05, 0.1) is 10.7 Å². The van der Waals surface area contributed by atoms with Crippen LogP contribution in [-0.2, 0) is 4.79 Å². The summed E-state index contributed by atoms with van der Waals surface area (Å²) < 4.78 is 0. The van der Waals surface area contributed by atoms with Crippen molar-refractivity contribution in [1.29, 1.82) is 0 Å². The zero-order valence-corrected chi connectivity index (χ0v) is 12.6. The standard InChI is InChI=1S/C15H20ClN3O/c1-17-14-10-7-11(16)13(8-12(10)18-15(14)20)19(2)9-5-3-4-6-9/h7-9,14,17H,3-6H2,1-2H3,(H,18,20). The largest absolute Gasteiger partial charge is 0.370 e. The van der Waals surface area contributed by atoms with Crippen molar-refractivity contribution in [2.45, 2.75) is 37.8 Å². The van der Waals surface area contributed by atoms with E-state index in [1.54, 1.807) is 7.05 Å². The zero-order chi connectivity index (χ0) is 14.3. The van der Waals surface area contributed by atoms with Crippen molar-refractivity contribution >= 4 is 28.9 Å². The van der Waals surface area contributed by atoms with Crippen LogP contribution in [0.1, 0.15) is 37.3 Å². The van der Waals surface area contributed by atoms with E-state index >= 15 is 0 Å². The van der Waals surface area contributed by atoms with E-state index in [0.29, 0.717) is 6.04 Å². The summed E-state index contributed by atoms with van der Waals surface area (Å²) in [6.07, 6.45) is 5.01. The number of fused-ring (bicyclic) bond motifs is 1. The molecule has 0 aromatic heterocycles. The van der Waals surface area contributed by atoms with Crippen molar-refractivity contribution in [3.63, 3.8) is 0 Å². The molecule has 1 heterocycles. The fourth-order valence-corrected chi connectivity index (χ4v) is 3.62. The minimum Gasteiger partial charge on any atom is -0.370 e. The van der Waals surface area contributed by atoms with Gasteiger partial charge < -0.3 is 15.5 Å². The maximum Gasteiger partial charge on any atom is 0.246 e. The molecule has 4 nitrogen and oxygen atoms in total. The Morgan fingerprint density at radius 2 is 2.05 bits per heavy atom. The highest BCUT2D eigenvalue weighted by Gasteiger charge is 2.31. The molecule has 0 bridgehead atoms. The van der Waals surface area contributed by atoms with Crippen molar-refractivity contribution in [2.75, 3.05) is 24.3 Å². The van der Waals surface area contributed by atoms with Crippen LogP contribution >= 0.6 is 11.6 Å². The van der Waals surface area contributed by atoms with E-state index in [4.69, 9.17) is 11.6 Å². The summed E-state index contributed by atoms with van der Waals surface area (Å²) in [5.41, 5.74) is 2.82. The number of nitrogens with one attached hydrogen (secondary N) is 2. The molecule has 1 aliphatic heterocycles. The molecule has 5 heteroatoms. The zero-order valence-electron chi connectivity index (χ0n) is 11.9. The summed E-state index contributed by atoms with van der Waals surface area (Å²) in [6.45, 7) is 0. The Labute approximate surface area is 124 Å². The fraction of sp³-hybridized carbons (Fsp3) is 0.533. The van der Waals surface area contributed by atoms with Gasteiger partial charge in [0.25, 0.3) is 0 Å². The number of hydrogen-bond acceptors (Lipinski definition) is 3. The lowest BCUT2D eigenvalue weighted by Crippen LogP contribution is -2.29. The molecule has 0 saturated heterocycles. The van der Waals surface area contributed by atoms with Gasteiger partial charge in [0.2, 0.25) is 5.91 Å². The van der Waals surface area contributed by atoms with E-state index in [9.17, 15) is 4.79 Å². The van der Waals surface area contributed by atoms with Crippen LogP contribution in [0, 0.1) is 0 Å². The monoisotopic (exact) mass is 293 g/mol. The van der Waals surface area contributed by atoms with Gasteiger partial charge >= 0.3 is 0 Å². The topological polar surface area (TPSA) is 44.4 Å². The predicted molar refractivity (Wildman–Crippen MR) is 82.5 cm³/mol. The van der Waals surface area contributed by atoms with Gasteiger partial charge in [0.15, 0.2) is 0 Å². The second-order valence-electron chi connectivity index (χ2n) is 5.65. The van der Waals surface area contributed by atoms with E-state index in [-0.39, 0.29) is 11.9 Å². The first-order chi connectivity index (χ1) is 9.61. The van der Waals surface area contributed by atoms with Gasteiger partial charge in [-0.25, -0.2) is 0 Å². The first-order valence-electron chi connectivity index (χ1n) is 7.16. The summed E-state index contributed by atoms with van der Waals surface area (Å²) in [6, 6.07) is 4.18. The number of rotatable bonds is 3. The molecule has 1 fully saturated rings. The van der Waals surface area contributed by atoms with Crippen LogP contribution < -0.4 is 15.5 Å². The lowest BCUT2D eigenvalue weighted by molar-refractivity contribution is -0.117. The molecule has 2 N–H and O–H groups in total. The van der Waals surface area contributed by atoms with Crippen LogP contribution in [0.25, 0.3) is 0 Å². The number of carbonyl (C=O) groups excluding carboxylic acids is 1. The highest BCUT2D eigenvalue weighted by Crippen LogP contribution is 2.40. The third kappa shape index (κ3) is 2.17. The molecule has 1 unspecified atom stereocenters. The predicted octanol–water partition coefficient (Wildman–Crippen LogP) is 2.93. The number of likely N-dealkylation sites (N-methyl/N-ethyl adjacent to an activating group) is 1. The summed E-state index contributed by atoms with van der Waals surface area (Å²) in [4.78, 5) is 14.1. The Morgan fingerprint density at radius 3 is 2.70 bits per heavy atom. The Balaban J connectivity index is 1.94. The lowest BCUT2D eigenvalue weighted by atomic mass is 10.1. The normalized spacial score (nSPS) is 21.9. The number of carbonyl (C=O) groups is 1. The highest BCUT2D eigenvalue weighted by atomic mass is 35.5. The van der Waals surface area contributed by atoms with Crippen LogP contribution in [0.15, 0.2) is 12.1 Å². The van der Waals surface area contributed by atoms with Gasteiger partial charge in [-0.15, -0.1) is 0 Å². The second-order valence-corrected chi connectivity index (χ2v) is 6.06. The fourth-order valence-electron chi connectivity index (χ4n) is 3.32. The van der Waals surface area contributed by atoms with Gasteiger partial charge in [-0.3, -0.25) is 4.79 Å². The molecule has 0 spiro atoms. The van der Waals surface area contributed by atoms with Crippen molar-refractivity contribution in [2.24, 2.45) is 0 Å². The maximum absolute atomic E-state index is 11.9. The summed E-state index contributed by atoms with van der Waals surface area (Å²) in [5.74, 6) is -0.0146. The minimum absolute atomic E-state index is 0.0146. The molecule has 1 aromatic carbocycles. The second kappa shape index (κ2) is 5.26. The number of benzene rings is 1. The van der Waals surface area contributed by atoms with E-state index < -0.39 is 0 Å². The van der Waals surface area contributed by atoms with Gasteiger partial charge in [0.1, 0.15) is 6.04 Å². The molecule has 1 amide bonds. The van der Waals surface area contributed by atoms with Crippen molar-refractivity contribution in [3.8, 4) is 0 Å². The van der Waals surface area contributed by atoms with Crippen LogP contribution in [0.2, 0.25) is 5.02 Å². The number of halogens is 1. The smallest absolute Gasteiger partial charge is 0.246 e. The third-order valence-electron chi connectivity index (χ3n) is 4.49. The van der Waals surface area contributed by atoms with Gasteiger partial charge in [0, 0.05) is 24.3 Å².